The second-order valence-electron chi connectivity index (χ2n) is 3.27. The van der Waals surface area contributed by atoms with Gasteiger partial charge in [0.05, 0.1) is 18.1 Å². The second kappa shape index (κ2) is 4.00. The Kier molecular flexibility index (Phi) is 2.53. The van der Waals surface area contributed by atoms with Crippen LogP contribution < -0.4 is 5.32 Å². The maximum atomic E-state index is 4.09. The fraction of sp³-hybridized carbons (Fsp3) is 0.200. The van der Waals surface area contributed by atoms with Gasteiger partial charge in [-0.2, -0.15) is 10.2 Å². The van der Waals surface area contributed by atoms with Crippen molar-refractivity contribution in [1.82, 2.24) is 19.6 Å². The number of aromatic nitrogens is 4. The zero-order chi connectivity index (χ0) is 10.7. The number of rotatable bonds is 4. The molecule has 0 spiro atoms. The van der Waals surface area contributed by atoms with Crippen molar-refractivity contribution in [2.24, 2.45) is 7.05 Å². The van der Waals surface area contributed by atoms with E-state index in [1.807, 2.05) is 25.6 Å². The molecule has 2 heterocycles. The molecule has 5 nitrogen and oxygen atoms in total. The molecule has 0 aromatic carbocycles. The molecule has 2 aromatic rings. The van der Waals surface area contributed by atoms with Crippen LogP contribution in [0.5, 0.6) is 0 Å². The first-order chi connectivity index (χ1) is 7.28. The van der Waals surface area contributed by atoms with Gasteiger partial charge in [0.15, 0.2) is 0 Å². The molecule has 2 aromatic heterocycles. The summed E-state index contributed by atoms with van der Waals surface area (Å²) in [6.07, 6.45) is 9.12. The predicted molar refractivity (Wildman–Crippen MR) is 59.1 cm³/mol. The minimum atomic E-state index is 0.736. The summed E-state index contributed by atoms with van der Waals surface area (Å²) in [6.45, 7) is 4.37. The van der Waals surface area contributed by atoms with E-state index in [4.69, 9.17) is 0 Å². The molecule has 0 atom stereocenters. The number of nitrogens with one attached hydrogen (secondary N) is 1. The largest absolute Gasteiger partial charge is 0.378 e. The summed E-state index contributed by atoms with van der Waals surface area (Å²) in [6, 6.07) is 0. The minimum absolute atomic E-state index is 0.736. The smallest absolute Gasteiger partial charge is 0.0729 e. The third-order valence-electron chi connectivity index (χ3n) is 2.04. The molecule has 0 saturated carbocycles. The van der Waals surface area contributed by atoms with Crippen LogP contribution in [0.25, 0.3) is 6.20 Å². The molecule has 0 aliphatic heterocycles. The summed E-state index contributed by atoms with van der Waals surface area (Å²) in [7, 11) is 1.89. The topological polar surface area (TPSA) is 47.7 Å². The summed E-state index contributed by atoms with van der Waals surface area (Å²) in [5.74, 6) is 0. The molecule has 0 amide bonds. The highest BCUT2D eigenvalue weighted by molar-refractivity contribution is 5.38. The van der Waals surface area contributed by atoms with Crippen molar-refractivity contribution in [1.29, 1.82) is 0 Å². The van der Waals surface area contributed by atoms with Crippen LogP contribution in [0.15, 0.2) is 31.4 Å². The van der Waals surface area contributed by atoms with Crippen LogP contribution >= 0.6 is 0 Å². The van der Waals surface area contributed by atoms with Crippen LogP contribution in [0.1, 0.15) is 5.56 Å². The molecule has 0 saturated heterocycles. The summed E-state index contributed by atoms with van der Waals surface area (Å²) >= 11 is 0. The first kappa shape index (κ1) is 9.51. The second-order valence-corrected chi connectivity index (χ2v) is 3.27. The van der Waals surface area contributed by atoms with Crippen LogP contribution in [0.2, 0.25) is 0 Å². The maximum absolute atomic E-state index is 4.09. The van der Waals surface area contributed by atoms with Crippen molar-refractivity contribution in [2.45, 2.75) is 6.54 Å². The number of aryl methyl sites for hydroxylation is 1. The van der Waals surface area contributed by atoms with Gasteiger partial charge >= 0.3 is 0 Å². The first-order valence-electron chi connectivity index (χ1n) is 4.66. The summed E-state index contributed by atoms with van der Waals surface area (Å²) in [5.41, 5.74) is 2.11. The lowest BCUT2D eigenvalue weighted by Gasteiger charge is -1.99. The standard InChI is InChI=1S/C10H13N5/c1-3-15-7-9(5-13-15)4-11-10-6-12-14(2)8-10/h3,5-8,11H,1,4H2,2H3. The highest BCUT2D eigenvalue weighted by Crippen LogP contribution is 2.06. The van der Waals surface area contributed by atoms with Crippen molar-refractivity contribution >= 4 is 11.9 Å². The van der Waals surface area contributed by atoms with Gasteiger partial charge in [-0.3, -0.25) is 4.68 Å². The number of hydrogen-bond acceptors (Lipinski definition) is 3. The molecular weight excluding hydrogens is 190 g/mol. The number of hydrogen-bond donors (Lipinski definition) is 1. The average molecular weight is 203 g/mol. The van der Waals surface area contributed by atoms with E-state index in [1.54, 1.807) is 21.8 Å². The van der Waals surface area contributed by atoms with E-state index < -0.39 is 0 Å². The monoisotopic (exact) mass is 203 g/mol. The highest BCUT2D eigenvalue weighted by atomic mass is 15.3. The minimum Gasteiger partial charge on any atom is -0.378 e. The third kappa shape index (κ3) is 2.25. The van der Waals surface area contributed by atoms with E-state index in [9.17, 15) is 0 Å². The number of anilines is 1. The van der Waals surface area contributed by atoms with Gasteiger partial charge in [0.1, 0.15) is 0 Å². The fourth-order valence-corrected chi connectivity index (χ4v) is 1.29. The van der Waals surface area contributed by atoms with Gasteiger partial charge in [0.25, 0.3) is 0 Å². The molecule has 0 aliphatic carbocycles. The number of nitrogens with zero attached hydrogens (tertiary/aromatic N) is 4. The highest BCUT2D eigenvalue weighted by Gasteiger charge is 1.98. The normalized spacial score (nSPS) is 10.2. The third-order valence-corrected chi connectivity index (χ3v) is 2.04. The first-order valence-corrected chi connectivity index (χ1v) is 4.66. The summed E-state index contributed by atoms with van der Waals surface area (Å²) in [4.78, 5) is 0. The maximum Gasteiger partial charge on any atom is 0.0729 e. The van der Waals surface area contributed by atoms with E-state index in [1.165, 1.54) is 0 Å². The molecule has 0 fully saturated rings. The van der Waals surface area contributed by atoms with Crippen molar-refractivity contribution in [2.75, 3.05) is 5.32 Å². The van der Waals surface area contributed by atoms with Crippen LogP contribution in [0.4, 0.5) is 5.69 Å². The molecule has 0 radical (unpaired) electrons. The molecule has 15 heavy (non-hydrogen) atoms. The van der Waals surface area contributed by atoms with Crippen LogP contribution in [-0.2, 0) is 13.6 Å². The lowest BCUT2D eigenvalue weighted by atomic mass is 10.3. The molecule has 0 bridgehead atoms. The Morgan fingerprint density at radius 1 is 1.40 bits per heavy atom. The summed E-state index contributed by atoms with van der Waals surface area (Å²) in [5, 5.41) is 11.4. The van der Waals surface area contributed by atoms with Gasteiger partial charge < -0.3 is 5.32 Å². The Balaban J connectivity index is 1.95. The molecule has 2 rings (SSSR count). The summed E-state index contributed by atoms with van der Waals surface area (Å²) < 4.78 is 3.44. The molecule has 78 valence electrons. The van der Waals surface area contributed by atoms with E-state index in [2.05, 4.69) is 22.1 Å². The van der Waals surface area contributed by atoms with E-state index in [0.717, 1.165) is 17.8 Å². The molecule has 0 aliphatic rings. The van der Waals surface area contributed by atoms with Crippen molar-refractivity contribution < 1.29 is 0 Å². The van der Waals surface area contributed by atoms with Gasteiger partial charge in [-0.1, -0.05) is 6.58 Å². The Morgan fingerprint density at radius 3 is 2.87 bits per heavy atom. The zero-order valence-corrected chi connectivity index (χ0v) is 8.59. The Bertz CT molecular complexity index is 454. The fourth-order valence-electron chi connectivity index (χ4n) is 1.29. The lowest BCUT2D eigenvalue weighted by molar-refractivity contribution is 0.768. The molecule has 5 heteroatoms. The van der Waals surface area contributed by atoms with Gasteiger partial charge in [0.2, 0.25) is 0 Å². The van der Waals surface area contributed by atoms with Crippen LogP contribution in [-0.4, -0.2) is 19.6 Å². The van der Waals surface area contributed by atoms with E-state index in [-0.39, 0.29) is 0 Å². The SMILES string of the molecule is C=Cn1cc(CNc2cnn(C)c2)cn1. The lowest BCUT2D eigenvalue weighted by Crippen LogP contribution is -1.97. The zero-order valence-electron chi connectivity index (χ0n) is 8.59. The van der Waals surface area contributed by atoms with Gasteiger partial charge in [-0.15, -0.1) is 0 Å². The Morgan fingerprint density at radius 2 is 2.27 bits per heavy atom. The Labute approximate surface area is 88.0 Å². The van der Waals surface area contributed by atoms with Crippen molar-refractivity contribution in [3.05, 3.63) is 36.9 Å². The van der Waals surface area contributed by atoms with E-state index in [0.29, 0.717) is 0 Å². The quantitative estimate of drug-likeness (QED) is 0.815. The molecular formula is C10H13N5. The molecule has 1 N–H and O–H groups in total. The molecule has 0 unspecified atom stereocenters. The van der Waals surface area contributed by atoms with Crippen molar-refractivity contribution in [3.63, 3.8) is 0 Å². The van der Waals surface area contributed by atoms with Crippen LogP contribution in [0, 0.1) is 0 Å². The van der Waals surface area contributed by atoms with E-state index >= 15 is 0 Å². The van der Waals surface area contributed by atoms with Gasteiger partial charge in [-0.05, 0) is 0 Å². The van der Waals surface area contributed by atoms with Gasteiger partial charge in [-0.25, -0.2) is 4.68 Å². The van der Waals surface area contributed by atoms with Crippen molar-refractivity contribution in [3.8, 4) is 0 Å². The average Bonchev–Trinajstić information content (AvgIpc) is 2.83. The van der Waals surface area contributed by atoms with Gasteiger partial charge in [0, 0.05) is 37.7 Å². The predicted octanol–water partition coefficient (Wildman–Crippen LogP) is 1.33. The Hall–Kier alpha value is -2.04. The van der Waals surface area contributed by atoms with Crippen LogP contribution in [0.3, 0.4) is 0 Å².